The van der Waals surface area contributed by atoms with Crippen molar-refractivity contribution in [2.45, 2.75) is 69.3 Å². The number of hydrogen-bond acceptors (Lipinski definition) is 8. The number of hydrogen-bond donors (Lipinski definition) is 0. The van der Waals surface area contributed by atoms with E-state index in [4.69, 9.17) is 47.5 Å². The molecule has 0 radical (unpaired) electrons. The smallest absolute Gasteiger partial charge is 0.338 e. The van der Waals surface area contributed by atoms with Gasteiger partial charge in [-0.25, -0.2) is 14.5 Å². The lowest BCUT2D eigenvalue weighted by Gasteiger charge is -2.31. The summed E-state index contributed by atoms with van der Waals surface area (Å²) in [4.78, 5) is 19.8. The Morgan fingerprint density at radius 3 is 2.62 bits per heavy atom. The van der Waals surface area contributed by atoms with Crippen molar-refractivity contribution in [3.05, 3.63) is 63.4 Å². The molecule has 3 heterocycles. The van der Waals surface area contributed by atoms with E-state index in [0.29, 0.717) is 51.5 Å². The normalized spacial score (nSPS) is 23.2. The van der Waals surface area contributed by atoms with E-state index in [9.17, 15) is 4.79 Å². The van der Waals surface area contributed by atoms with Crippen LogP contribution in [0.25, 0.3) is 15.9 Å². The predicted molar refractivity (Wildman–Crippen MR) is 163 cm³/mol. The largest absolute Gasteiger partial charge is 0.488 e. The van der Waals surface area contributed by atoms with Gasteiger partial charge in [0, 0.05) is 18.5 Å². The molecule has 218 valence electrons. The molecule has 3 aliphatic carbocycles. The summed E-state index contributed by atoms with van der Waals surface area (Å²) < 4.78 is 20.6. The summed E-state index contributed by atoms with van der Waals surface area (Å²) in [5.41, 5.74) is 4.31. The van der Waals surface area contributed by atoms with Crippen molar-refractivity contribution in [2.75, 3.05) is 18.6 Å². The van der Waals surface area contributed by atoms with Gasteiger partial charge in [0.15, 0.2) is 5.13 Å². The molecule has 4 aliphatic rings. The van der Waals surface area contributed by atoms with Crippen molar-refractivity contribution >= 4 is 55.9 Å². The minimum absolute atomic E-state index is 0.164. The molecule has 0 spiro atoms. The summed E-state index contributed by atoms with van der Waals surface area (Å²) in [5.74, 6) is 1.25. The fraction of sp³-hybridized carbons (Fsp3) is 0.452. The van der Waals surface area contributed by atoms with Gasteiger partial charge in [-0.2, -0.15) is 5.10 Å². The minimum atomic E-state index is -0.365. The summed E-state index contributed by atoms with van der Waals surface area (Å²) in [6.45, 7) is 1.36. The van der Waals surface area contributed by atoms with Crippen LogP contribution in [0.3, 0.4) is 0 Å². The third kappa shape index (κ3) is 4.75. The molecule has 0 N–H and O–H groups in total. The number of methoxy groups -OCH3 is 1. The molecule has 3 atom stereocenters. The van der Waals surface area contributed by atoms with E-state index in [0.717, 1.165) is 53.3 Å². The number of ether oxygens (including phenoxy) is 3. The first-order chi connectivity index (χ1) is 20.5. The molecule has 2 bridgehead atoms. The Labute approximate surface area is 257 Å². The molecule has 0 unspecified atom stereocenters. The number of rotatable bonds is 9. The van der Waals surface area contributed by atoms with Crippen LogP contribution < -0.4 is 9.64 Å². The van der Waals surface area contributed by atoms with Crippen molar-refractivity contribution in [1.29, 1.82) is 0 Å². The molecule has 42 heavy (non-hydrogen) atoms. The first kappa shape index (κ1) is 26.8. The molecular formula is C31H30Cl2N4O4S. The highest BCUT2D eigenvalue weighted by Crippen LogP contribution is 2.47. The lowest BCUT2D eigenvalue weighted by atomic mass is 10.1. The number of esters is 1. The number of carbonyl (C=O) groups excluding carboxylic acids is 1. The second-order valence-corrected chi connectivity index (χ2v) is 13.6. The molecule has 1 aliphatic heterocycles. The van der Waals surface area contributed by atoms with Crippen LogP contribution >= 0.6 is 34.5 Å². The lowest BCUT2D eigenvalue weighted by molar-refractivity contribution is 0.00993. The van der Waals surface area contributed by atoms with Gasteiger partial charge in [0.1, 0.15) is 17.0 Å². The third-order valence-electron chi connectivity index (χ3n) is 8.91. The zero-order chi connectivity index (χ0) is 28.5. The van der Waals surface area contributed by atoms with Gasteiger partial charge >= 0.3 is 5.97 Å². The molecular weight excluding hydrogens is 595 g/mol. The maximum absolute atomic E-state index is 12.3. The van der Waals surface area contributed by atoms with Crippen LogP contribution in [0.15, 0.2) is 36.5 Å². The summed E-state index contributed by atoms with van der Waals surface area (Å²) in [7, 11) is 1.40. The minimum Gasteiger partial charge on any atom is -0.488 e. The van der Waals surface area contributed by atoms with Crippen LogP contribution in [0.5, 0.6) is 5.75 Å². The Bertz CT molecular complexity index is 1680. The Hall–Kier alpha value is -2.85. The molecule has 4 aromatic rings. The first-order valence-electron chi connectivity index (χ1n) is 14.6. The highest BCUT2D eigenvalue weighted by Gasteiger charge is 2.46. The van der Waals surface area contributed by atoms with E-state index < -0.39 is 0 Å². The van der Waals surface area contributed by atoms with Crippen LogP contribution in [0.4, 0.5) is 5.13 Å². The quantitative estimate of drug-likeness (QED) is 0.183. The topological polar surface area (TPSA) is 78.7 Å². The number of piperidine rings is 1. The van der Waals surface area contributed by atoms with Crippen molar-refractivity contribution in [1.82, 2.24) is 14.8 Å². The summed E-state index contributed by atoms with van der Waals surface area (Å²) in [5, 5.41) is 6.82. The molecule has 11 heteroatoms. The van der Waals surface area contributed by atoms with Crippen molar-refractivity contribution in [3.8, 4) is 11.4 Å². The van der Waals surface area contributed by atoms with Gasteiger partial charge in [0.2, 0.25) is 0 Å². The first-order valence-corrected chi connectivity index (χ1v) is 16.1. The van der Waals surface area contributed by atoms with Gasteiger partial charge in [0.25, 0.3) is 0 Å². The van der Waals surface area contributed by atoms with Crippen LogP contribution in [-0.2, 0) is 16.1 Å². The molecule has 8 rings (SSSR count). The summed E-state index contributed by atoms with van der Waals surface area (Å²) in [6, 6.07) is 9.53. The Balaban J connectivity index is 1.01. The van der Waals surface area contributed by atoms with Crippen molar-refractivity contribution < 1.29 is 19.0 Å². The maximum Gasteiger partial charge on any atom is 0.338 e. The Kier molecular flexibility index (Phi) is 6.63. The van der Waals surface area contributed by atoms with Gasteiger partial charge in [-0.1, -0.05) is 40.6 Å². The zero-order valence-electron chi connectivity index (χ0n) is 23.1. The van der Waals surface area contributed by atoms with Gasteiger partial charge in [-0.15, -0.1) is 0 Å². The maximum atomic E-state index is 12.3. The van der Waals surface area contributed by atoms with Gasteiger partial charge in [-0.05, 0) is 74.3 Å². The number of halogens is 2. The number of carbonyl (C=O) groups is 1. The number of nitrogens with zero attached hydrogens (tertiary/aromatic N) is 4. The van der Waals surface area contributed by atoms with E-state index >= 15 is 0 Å². The average Bonchev–Trinajstić information content (AvgIpc) is 3.81. The van der Waals surface area contributed by atoms with E-state index in [1.54, 1.807) is 17.4 Å². The van der Waals surface area contributed by atoms with E-state index in [-0.39, 0.29) is 18.2 Å². The molecule has 1 saturated heterocycles. The monoisotopic (exact) mass is 624 g/mol. The summed E-state index contributed by atoms with van der Waals surface area (Å²) in [6.07, 6.45) is 8.76. The summed E-state index contributed by atoms with van der Waals surface area (Å²) >= 11 is 14.7. The highest BCUT2D eigenvalue weighted by molar-refractivity contribution is 7.22. The zero-order valence-corrected chi connectivity index (χ0v) is 25.4. The molecule has 2 aromatic carbocycles. The number of anilines is 1. The van der Waals surface area contributed by atoms with E-state index in [2.05, 4.69) is 4.90 Å². The number of benzene rings is 2. The third-order valence-corrected chi connectivity index (χ3v) is 10.6. The second kappa shape index (κ2) is 10.4. The van der Waals surface area contributed by atoms with Gasteiger partial charge in [-0.3, -0.25) is 0 Å². The van der Waals surface area contributed by atoms with Crippen LogP contribution in [0, 0.1) is 5.92 Å². The second-order valence-electron chi connectivity index (χ2n) is 11.8. The molecule has 0 amide bonds. The van der Waals surface area contributed by atoms with E-state index in [1.807, 2.05) is 35.1 Å². The van der Waals surface area contributed by atoms with Crippen LogP contribution in [0.1, 0.15) is 66.1 Å². The number of aromatic nitrogens is 3. The molecule has 2 aromatic heterocycles. The molecule has 3 saturated carbocycles. The standard InChI is InChI=1S/C31H30Cl2N4O4S/c1-39-30(38)17-10-26(41-20-7-8-20)28-27(11-17)42-31(35-28)36-14-18-9-19(36)12-25(18)40-15-24-21(16-5-6-16)13-34-37(24)29-22(32)3-2-4-23(29)33/h2-4,10-11,13,16,18-20,25H,5-9,12,14-15H2,1H3/t18-,19-,25+/m0/s1. The Morgan fingerprint density at radius 2 is 1.93 bits per heavy atom. The van der Waals surface area contributed by atoms with Crippen LogP contribution in [-0.4, -0.2) is 52.6 Å². The van der Waals surface area contributed by atoms with Gasteiger partial charge in [0.05, 0.1) is 58.1 Å². The van der Waals surface area contributed by atoms with Crippen molar-refractivity contribution in [3.63, 3.8) is 0 Å². The predicted octanol–water partition coefficient (Wildman–Crippen LogP) is 7.18. The number of para-hydroxylation sites is 1. The molecule has 8 nitrogen and oxygen atoms in total. The SMILES string of the molecule is COC(=O)c1cc(OC2CC2)c2nc(N3C[C@@H]4C[C@H]3C[C@H]4OCc3c(C4CC4)cnn3-c3c(Cl)cccc3Cl)sc2c1. The fourth-order valence-corrected chi connectivity index (χ4v) is 8.14. The lowest BCUT2D eigenvalue weighted by Crippen LogP contribution is -2.38. The molecule has 4 fully saturated rings. The number of fused-ring (bicyclic) bond motifs is 3. The van der Waals surface area contributed by atoms with Crippen LogP contribution in [0.2, 0.25) is 10.0 Å². The van der Waals surface area contributed by atoms with Crippen molar-refractivity contribution in [2.24, 2.45) is 5.92 Å². The van der Waals surface area contributed by atoms with E-state index in [1.165, 1.54) is 25.5 Å². The fourth-order valence-electron chi connectivity index (χ4n) is 6.48. The average molecular weight is 626 g/mol. The Morgan fingerprint density at radius 1 is 1.12 bits per heavy atom. The number of thiazole rings is 1. The van der Waals surface area contributed by atoms with Gasteiger partial charge < -0.3 is 19.1 Å². The highest BCUT2D eigenvalue weighted by atomic mass is 35.5.